The fourth-order valence-corrected chi connectivity index (χ4v) is 5.22. The van der Waals surface area contributed by atoms with Crippen molar-refractivity contribution in [2.45, 2.75) is 31.4 Å². The zero-order valence-electron chi connectivity index (χ0n) is 14.5. The SMILES string of the molecule is O=C(CSCc1nc2sc3c(c2c(=O)[nH]1)CCCC3)Nc1ccc(F)cc1. The average molecular weight is 404 g/mol. The van der Waals surface area contributed by atoms with Gasteiger partial charge in [0.25, 0.3) is 5.56 Å². The number of aromatic amines is 1. The second-order valence-electron chi connectivity index (χ2n) is 6.45. The maximum Gasteiger partial charge on any atom is 0.259 e. The van der Waals surface area contributed by atoms with Gasteiger partial charge in [0.05, 0.1) is 16.9 Å². The standard InChI is InChI=1S/C19H18FN3O2S2/c20-11-5-7-12(8-6-11)21-16(24)10-26-9-15-22-18(25)17-13-3-1-2-4-14(13)27-19(17)23-15/h5-8H,1-4,9-10H2,(H,21,24)(H,22,23,25). The van der Waals surface area contributed by atoms with Gasteiger partial charge in [-0.05, 0) is 55.5 Å². The predicted molar refractivity (Wildman–Crippen MR) is 108 cm³/mol. The van der Waals surface area contributed by atoms with Crippen LogP contribution in [0.5, 0.6) is 0 Å². The second-order valence-corrected chi connectivity index (χ2v) is 8.52. The zero-order valence-corrected chi connectivity index (χ0v) is 16.1. The lowest BCUT2D eigenvalue weighted by molar-refractivity contribution is -0.113. The highest BCUT2D eigenvalue weighted by atomic mass is 32.2. The number of anilines is 1. The molecule has 3 aromatic rings. The van der Waals surface area contributed by atoms with Crippen molar-refractivity contribution in [3.8, 4) is 0 Å². The Morgan fingerprint density at radius 2 is 2.04 bits per heavy atom. The Bertz CT molecular complexity index is 1040. The van der Waals surface area contributed by atoms with Crippen LogP contribution in [-0.2, 0) is 23.4 Å². The van der Waals surface area contributed by atoms with Gasteiger partial charge in [0.2, 0.25) is 5.91 Å². The Balaban J connectivity index is 1.39. The van der Waals surface area contributed by atoms with Crippen LogP contribution in [0.25, 0.3) is 10.2 Å². The van der Waals surface area contributed by atoms with E-state index >= 15 is 0 Å². The molecular weight excluding hydrogens is 385 g/mol. The van der Waals surface area contributed by atoms with Crippen molar-refractivity contribution in [3.05, 3.63) is 56.7 Å². The topological polar surface area (TPSA) is 74.8 Å². The van der Waals surface area contributed by atoms with Crippen molar-refractivity contribution in [2.75, 3.05) is 11.1 Å². The van der Waals surface area contributed by atoms with Crippen LogP contribution in [0.1, 0.15) is 29.1 Å². The summed E-state index contributed by atoms with van der Waals surface area (Å²) in [6.07, 6.45) is 4.28. The molecule has 4 rings (SSSR count). The summed E-state index contributed by atoms with van der Waals surface area (Å²) in [4.78, 5) is 34.0. The summed E-state index contributed by atoms with van der Waals surface area (Å²) in [5.74, 6) is 0.736. The first-order valence-corrected chi connectivity index (χ1v) is 10.7. The third-order valence-electron chi connectivity index (χ3n) is 4.47. The molecule has 0 fully saturated rings. The van der Waals surface area contributed by atoms with E-state index < -0.39 is 0 Å². The molecule has 1 aliphatic rings. The van der Waals surface area contributed by atoms with Crippen LogP contribution in [0.4, 0.5) is 10.1 Å². The number of thioether (sulfide) groups is 1. The van der Waals surface area contributed by atoms with E-state index in [4.69, 9.17) is 0 Å². The van der Waals surface area contributed by atoms with Crippen LogP contribution in [0.3, 0.4) is 0 Å². The maximum absolute atomic E-state index is 12.9. The molecule has 0 atom stereocenters. The number of benzene rings is 1. The monoisotopic (exact) mass is 403 g/mol. The van der Waals surface area contributed by atoms with Crippen LogP contribution in [0.15, 0.2) is 29.1 Å². The molecule has 1 amide bonds. The Hall–Kier alpha value is -2.19. The largest absolute Gasteiger partial charge is 0.325 e. The first kappa shape index (κ1) is 18.2. The van der Waals surface area contributed by atoms with Crippen molar-refractivity contribution < 1.29 is 9.18 Å². The number of hydrogen-bond acceptors (Lipinski definition) is 5. The molecule has 5 nitrogen and oxygen atoms in total. The zero-order chi connectivity index (χ0) is 18.8. The summed E-state index contributed by atoms with van der Waals surface area (Å²) in [5.41, 5.74) is 1.65. The lowest BCUT2D eigenvalue weighted by Gasteiger charge is -2.09. The highest BCUT2D eigenvalue weighted by molar-refractivity contribution is 7.99. The Kier molecular flexibility index (Phi) is 5.27. The van der Waals surface area contributed by atoms with Gasteiger partial charge in [-0.15, -0.1) is 23.1 Å². The Morgan fingerprint density at radius 3 is 2.85 bits per heavy atom. The number of carbonyl (C=O) groups is 1. The van der Waals surface area contributed by atoms with Gasteiger partial charge in [0.15, 0.2) is 0 Å². The molecule has 0 spiro atoms. The Morgan fingerprint density at radius 1 is 1.26 bits per heavy atom. The molecule has 0 saturated carbocycles. The molecule has 0 radical (unpaired) electrons. The molecule has 1 aliphatic carbocycles. The minimum absolute atomic E-state index is 0.0780. The fraction of sp³-hybridized carbons (Fsp3) is 0.316. The number of hydrogen-bond donors (Lipinski definition) is 2. The van der Waals surface area contributed by atoms with Gasteiger partial charge in [0, 0.05) is 10.6 Å². The van der Waals surface area contributed by atoms with E-state index in [9.17, 15) is 14.0 Å². The first-order chi connectivity index (χ1) is 13.1. The van der Waals surface area contributed by atoms with Crippen molar-refractivity contribution in [3.63, 3.8) is 0 Å². The fourth-order valence-electron chi connectivity index (χ4n) is 3.25. The van der Waals surface area contributed by atoms with E-state index in [0.717, 1.165) is 29.5 Å². The number of fused-ring (bicyclic) bond motifs is 3. The number of aryl methyl sites for hydroxylation is 2. The van der Waals surface area contributed by atoms with E-state index in [1.54, 1.807) is 11.3 Å². The smallest absolute Gasteiger partial charge is 0.259 e. The quantitative estimate of drug-likeness (QED) is 0.678. The van der Waals surface area contributed by atoms with Crippen molar-refractivity contribution in [1.29, 1.82) is 0 Å². The Labute approximate surface area is 163 Å². The summed E-state index contributed by atoms with van der Waals surface area (Å²) in [6, 6.07) is 5.63. The molecule has 1 aromatic carbocycles. The summed E-state index contributed by atoms with van der Waals surface area (Å²) < 4.78 is 12.9. The average Bonchev–Trinajstić information content (AvgIpc) is 3.02. The van der Waals surface area contributed by atoms with Crippen molar-refractivity contribution >= 4 is 44.9 Å². The van der Waals surface area contributed by atoms with Gasteiger partial charge in [0.1, 0.15) is 16.5 Å². The third-order valence-corrected chi connectivity index (χ3v) is 6.60. The molecular formula is C19H18FN3O2S2. The number of nitrogens with zero attached hydrogens (tertiary/aromatic N) is 1. The number of rotatable bonds is 5. The highest BCUT2D eigenvalue weighted by Crippen LogP contribution is 2.33. The maximum atomic E-state index is 12.9. The lowest BCUT2D eigenvalue weighted by atomic mass is 9.97. The molecule has 0 unspecified atom stereocenters. The van der Waals surface area contributed by atoms with Crippen molar-refractivity contribution in [2.24, 2.45) is 0 Å². The summed E-state index contributed by atoms with van der Waals surface area (Å²) >= 11 is 3.00. The second kappa shape index (κ2) is 7.82. The van der Waals surface area contributed by atoms with E-state index in [1.165, 1.54) is 52.9 Å². The molecule has 8 heteroatoms. The van der Waals surface area contributed by atoms with Gasteiger partial charge in [-0.3, -0.25) is 9.59 Å². The minimum Gasteiger partial charge on any atom is -0.325 e. The number of H-pyrrole nitrogens is 1. The van der Waals surface area contributed by atoms with Gasteiger partial charge in [-0.25, -0.2) is 9.37 Å². The third kappa shape index (κ3) is 4.06. The normalized spacial score (nSPS) is 13.5. The number of thiophene rings is 1. The van der Waals surface area contributed by atoms with E-state index in [-0.39, 0.29) is 23.0 Å². The number of carbonyl (C=O) groups excluding carboxylic acids is 1. The number of aromatic nitrogens is 2. The van der Waals surface area contributed by atoms with Crippen LogP contribution in [0.2, 0.25) is 0 Å². The summed E-state index contributed by atoms with van der Waals surface area (Å²) in [7, 11) is 0. The number of amides is 1. The number of halogens is 1. The van der Waals surface area contributed by atoms with Crippen LogP contribution in [-0.4, -0.2) is 21.6 Å². The van der Waals surface area contributed by atoms with Crippen molar-refractivity contribution in [1.82, 2.24) is 9.97 Å². The minimum atomic E-state index is -0.344. The molecule has 2 aromatic heterocycles. The van der Waals surface area contributed by atoms with Gasteiger partial charge in [-0.1, -0.05) is 0 Å². The predicted octanol–water partition coefficient (Wildman–Crippen LogP) is 3.87. The van der Waals surface area contributed by atoms with E-state index in [2.05, 4.69) is 15.3 Å². The van der Waals surface area contributed by atoms with Crippen LogP contribution < -0.4 is 10.9 Å². The number of nitrogens with one attached hydrogen (secondary N) is 2. The lowest BCUT2D eigenvalue weighted by Crippen LogP contribution is -2.15. The summed E-state index contributed by atoms with van der Waals surface area (Å²) in [6.45, 7) is 0. The van der Waals surface area contributed by atoms with Crippen LogP contribution >= 0.6 is 23.1 Å². The van der Waals surface area contributed by atoms with E-state index in [1.807, 2.05) is 0 Å². The van der Waals surface area contributed by atoms with Gasteiger partial charge in [-0.2, -0.15) is 0 Å². The molecule has 27 heavy (non-hydrogen) atoms. The molecule has 140 valence electrons. The summed E-state index contributed by atoms with van der Waals surface area (Å²) in [5, 5.41) is 3.46. The van der Waals surface area contributed by atoms with Gasteiger partial charge < -0.3 is 10.3 Å². The van der Waals surface area contributed by atoms with Crippen LogP contribution in [0, 0.1) is 5.82 Å². The highest BCUT2D eigenvalue weighted by Gasteiger charge is 2.19. The molecule has 0 aliphatic heterocycles. The van der Waals surface area contributed by atoms with Gasteiger partial charge >= 0.3 is 0 Å². The first-order valence-electron chi connectivity index (χ1n) is 8.77. The molecule has 2 N–H and O–H groups in total. The molecule has 0 saturated heterocycles. The van der Waals surface area contributed by atoms with E-state index in [0.29, 0.717) is 17.3 Å². The molecule has 2 heterocycles. The molecule has 0 bridgehead atoms.